The van der Waals surface area contributed by atoms with Crippen LogP contribution in [0.1, 0.15) is 39.8 Å². The number of rotatable bonds is 2. The summed E-state index contributed by atoms with van der Waals surface area (Å²) >= 11 is 1.75. The molecule has 24 heavy (non-hydrogen) atoms. The van der Waals surface area contributed by atoms with Crippen LogP contribution in [0.5, 0.6) is 0 Å². The third-order valence-electron chi connectivity index (χ3n) is 4.53. The van der Waals surface area contributed by atoms with Gasteiger partial charge in [-0.3, -0.25) is 9.78 Å². The number of para-hydroxylation sites is 1. The van der Waals surface area contributed by atoms with Crippen LogP contribution >= 0.6 is 11.3 Å². The average Bonchev–Trinajstić information content (AvgIpc) is 3.06. The molecule has 4 rings (SSSR count). The molecular formula is C19H19N3OS. The van der Waals surface area contributed by atoms with E-state index in [0.717, 1.165) is 42.1 Å². The van der Waals surface area contributed by atoms with Crippen LogP contribution < -0.4 is 0 Å². The van der Waals surface area contributed by atoms with Crippen molar-refractivity contribution in [2.45, 2.75) is 25.7 Å². The number of carbonyl (C=O) groups is 1. The molecule has 0 aliphatic carbocycles. The van der Waals surface area contributed by atoms with Gasteiger partial charge in [-0.05, 0) is 44.0 Å². The van der Waals surface area contributed by atoms with Crippen LogP contribution in [0.25, 0.3) is 10.2 Å². The van der Waals surface area contributed by atoms with Gasteiger partial charge in [-0.2, -0.15) is 0 Å². The van der Waals surface area contributed by atoms with Gasteiger partial charge in [0, 0.05) is 30.9 Å². The van der Waals surface area contributed by atoms with Gasteiger partial charge in [0.1, 0.15) is 0 Å². The van der Waals surface area contributed by atoms with Crippen molar-refractivity contribution in [3.8, 4) is 0 Å². The summed E-state index contributed by atoms with van der Waals surface area (Å²) in [6.45, 7) is 3.49. The number of nitrogens with zero attached hydrogens (tertiary/aromatic N) is 3. The van der Waals surface area contributed by atoms with Gasteiger partial charge in [0.05, 0.1) is 20.8 Å². The summed E-state index contributed by atoms with van der Waals surface area (Å²) in [7, 11) is 0. The molecule has 0 spiro atoms. The Morgan fingerprint density at radius 1 is 1.25 bits per heavy atom. The van der Waals surface area contributed by atoms with E-state index in [-0.39, 0.29) is 5.91 Å². The van der Waals surface area contributed by atoms with Crippen molar-refractivity contribution in [1.29, 1.82) is 0 Å². The molecule has 2 aromatic heterocycles. The second-order valence-electron chi connectivity index (χ2n) is 6.30. The van der Waals surface area contributed by atoms with E-state index in [4.69, 9.17) is 4.98 Å². The Hall–Kier alpha value is -2.27. The molecule has 0 N–H and O–H groups in total. The van der Waals surface area contributed by atoms with Crippen molar-refractivity contribution < 1.29 is 4.79 Å². The summed E-state index contributed by atoms with van der Waals surface area (Å²) in [6, 6.07) is 12.0. The molecular weight excluding hydrogens is 318 g/mol. The summed E-state index contributed by atoms with van der Waals surface area (Å²) in [5.41, 5.74) is 2.66. The molecule has 1 saturated heterocycles. The number of thiazole rings is 1. The fraction of sp³-hybridized carbons (Fsp3) is 0.316. The monoisotopic (exact) mass is 337 g/mol. The molecule has 5 heteroatoms. The van der Waals surface area contributed by atoms with Crippen LogP contribution in [-0.4, -0.2) is 33.9 Å². The first-order chi connectivity index (χ1) is 11.7. The van der Waals surface area contributed by atoms with E-state index in [1.807, 2.05) is 36.1 Å². The highest BCUT2D eigenvalue weighted by molar-refractivity contribution is 7.18. The van der Waals surface area contributed by atoms with Gasteiger partial charge in [0.25, 0.3) is 5.91 Å². The number of pyridine rings is 1. The van der Waals surface area contributed by atoms with Gasteiger partial charge in [0.2, 0.25) is 0 Å². The van der Waals surface area contributed by atoms with Crippen LogP contribution in [0, 0.1) is 6.92 Å². The Labute approximate surface area is 145 Å². The molecule has 1 fully saturated rings. The summed E-state index contributed by atoms with van der Waals surface area (Å²) in [4.78, 5) is 23.7. The maximum atomic E-state index is 12.7. The number of hydrogen-bond acceptors (Lipinski definition) is 4. The van der Waals surface area contributed by atoms with E-state index < -0.39 is 0 Å². The van der Waals surface area contributed by atoms with Crippen molar-refractivity contribution >= 4 is 27.5 Å². The molecule has 0 saturated carbocycles. The van der Waals surface area contributed by atoms with Crippen molar-refractivity contribution in [3.63, 3.8) is 0 Å². The molecule has 1 aliphatic heterocycles. The maximum absolute atomic E-state index is 12.7. The number of likely N-dealkylation sites (tertiary alicyclic amines) is 1. The van der Waals surface area contributed by atoms with Gasteiger partial charge in [-0.25, -0.2) is 4.98 Å². The smallest absolute Gasteiger partial charge is 0.255 e. The Morgan fingerprint density at radius 2 is 2.12 bits per heavy atom. The normalized spacial score (nSPS) is 18.0. The number of aryl methyl sites for hydroxylation is 1. The Morgan fingerprint density at radius 3 is 2.92 bits per heavy atom. The third kappa shape index (κ3) is 2.91. The molecule has 122 valence electrons. The molecule has 4 nitrogen and oxygen atoms in total. The standard InChI is InChI=1S/C19H19N3OS/c1-13-8-9-14(11-20-13)19(23)22-10-4-5-15(12-22)18-21-16-6-2-3-7-17(16)24-18/h2-3,6-9,11,15H,4-5,10,12H2,1H3. The summed E-state index contributed by atoms with van der Waals surface area (Å²) in [5, 5.41) is 1.15. The van der Waals surface area contributed by atoms with Gasteiger partial charge < -0.3 is 4.90 Å². The average molecular weight is 337 g/mol. The quantitative estimate of drug-likeness (QED) is 0.709. The van der Waals surface area contributed by atoms with Crippen molar-refractivity contribution in [2.24, 2.45) is 0 Å². The molecule has 0 bridgehead atoms. The largest absolute Gasteiger partial charge is 0.338 e. The number of fused-ring (bicyclic) bond motifs is 1. The highest BCUT2D eigenvalue weighted by Crippen LogP contribution is 2.33. The lowest BCUT2D eigenvalue weighted by molar-refractivity contribution is 0.0706. The zero-order chi connectivity index (χ0) is 16.5. The second kappa shape index (κ2) is 6.32. The number of aromatic nitrogens is 2. The van der Waals surface area contributed by atoms with Gasteiger partial charge >= 0.3 is 0 Å². The fourth-order valence-electron chi connectivity index (χ4n) is 3.20. The molecule has 3 aromatic rings. The zero-order valence-electron chi connectivity index (χ0n) is 13.6. The number of hydrogen-bond donors (Lipinski definition) is 0. The van der Waals surface area contributed by atoms with Gasteiger partial charge in [-0.1, -0.05) is 12.1 Å². The zero-order valence-corrected chi connectivity index (χ0v) is 14.4. The van der Waals surface area contributed by atoms with Crippen molar-refractivity contribution in [2.75, 3.05) is 13.1 Å². The predicted molar refractivity (Wildman–Crippen MR) is 96.5 cm³/mol. The first-order valence-electron chi connectivity index (χ1n) is 8.28. The van der Waals surface area contributed by atoms with E-state index in [1.165, 1.54) is 4.70 Å². The predicted octanol–water partition coefficient (Wildman–Crippen LogP) is 4.02. The first-order valence-corrected chi connectivity index (χ1v) is 9.10. The van der Waals surface area contributed by atoms with E-state index in [9.17, 15) is 4.79 Å². The lowest BCUT2D eigenvalue weighted by Gasteiger charge is -2.31. The molecule has 3 heterocycles. The Balaban J connectivity index is 1.54. The summed E-state index contributed by atoms with van der Waals surface area (Å²) in [6.07, 6.45) is 3.79. The molecule has 1 aromatic carbocycles. The molecule has 1 aliphatic rings. The first kappa shape index (κ1) is 15.3. The van der Waals surface area contributed by atoms with Crippen LogP contribution in [0.4, 0.5) is 0 Å². The number of benzene rings is 1. The second-order valence-corrected chi connectivity index (χ2v) is 7.36. The SMILES string of the molecule is Cc1ccc(C(=O)N2CCCC(c3nc4ccccc4s3)C2)cn1. The molecule has 1 atom stereocenters. The summed E-state index contributed by atoms with van der Waals surface area (Å²) in [5.74, 6) is 0.409. The molecule has 1 unspecified atom stereocenters. The molecule has 0 radical (unpaired) electrons. The lowest BCUT2D eigenvalue weighted by atomic mass is 9.98. The number of carbonyl (C=O) groups excluding carboxylic acids is 1. The minimum absolute atomic E-state index is 0.0771. The topological polar surface area (TPSA) is 46.1 Å². The van der Waals surface area contributed by atoms with Crippen molar-refractivity contribution in [3.05, 3.63) is 58.9 Å². The minimum Gasteiger partial charge on any atom is -0.338 e. The van der Waals surface area contributed by atoms with Crippen LogP contribution in [0.2, 0.25) is 0 Å². The van der Waals surface area contributed by atoms with Gasteiger partial charge in [-0.15, -0.1) is 11.3 Å². The fourth-order valence-corrected chi connectivity index (χ4v) is 4.30. The van der Waals surface area contributed by atoms with E-state index in [0.29, 0.717) is 11.5 Å². The molecule has 1 amide bonds. The lowest BCUT2D eigenvalue weighted by Crippen LogP contribution is -2.39. The van der Waals surface area contributed by atoms with Gasteiger partial charge in [0.15, 0.2) is 0 Å². The number of piperidine rings is 1. The Bertz CT molecular complexity index is 839. The van der Waals surface area contributed by atoms with Crippen LogP contribution in [0.15, 0.2) is 42.6 Å². The minimum atomic E-state index is 0.0771. The van der Waals surface area contributed by atoms with E-state index >= 15 is 0 Å². The summed E-state index contributed by atoms with van der Waals surface area (Å²) < 4.78 is 1.22. The maximum Gasteiger partial charge on any atom is 0.255 e. The highest BCUT2D eigenvalue weighted by atomic mass is 32.1. The van der Waals surface area contributed by atoms with E-state index in [2.05, 4.69) is 17.1 Å². The number of amides is 1. The third-order valence-corrected chi connectivity index (χ3v) is 5.73. The van der Waals surface area contributed by atoms with E-state index in [1.54, 1.807) is 17.5 Å². The van der Waals surface area contributed by atoms with Crippen LogP contribution in [-0.2, 0) is 0 Å². The Kier molecular flexibility index (Phi) is 4.02. The van der Waals surface area contributed by atoms with Crippen molar-refractivity contribution in [1.82, 2.24) is 14.9 Å². The highest BCUT2D eigenvalue weighted by Gasteiger charge is 2.27. The van der Waals surface area contributed by atoms with Crippen LogP contribution in [0.3, 0.4) is 0 Å².